The van der Waals surface area contributed by atoms with Crippen molar-refractivity contribution in [3.8, 4) is 0 Å². The molecule has 0 aliphatic heterocycles. The van der Waals surface area contributed by atoms with Crippen LogP contribution in [0.5, 0.6) is 0 Å². The lowest BCUT2D eigenvalue weighted by molar-refractivity contribution is -0.0641. The second-order valence-corrected chi connectivity index (χ2v) is 15.8. The van der Waals surface area contributed by atoms with E-state index >= 15 is 0 Å². The second-order valence-electron chi connectivity index (χ2n) is 15.8. The highest BCUT2D eigenvalue weighted by atomic mass is 16.5. The average Bonchev–Trinajstić information content (AvgIpc) is 3.53. The number of fused-ring (bicyclic) bond motifs is 6. The molecule has 3 saturated carbocycles. The van der Waals surface area contributed by atoms with E-state index in [4.69, 9.17) is 4.74 Å². The topological polar surface area (TPSA) is 14.2 Å². The highest BCUT2D eigenvalue weighted by Crippen LogP contribution is 2.67. The van der Waals surface area contributed by atoms with E-state index in [2.05, 4.69) is 81.8 Å². The molecule has 0 N–H and O–H groups in total. The second kappa shape index (κ2) is 12.2. The van der Waals surface area contributed by atoms with Crippen molar-refractivity contribution in [2.75, 3.05) is 6.61 Å². The van der Waals surface area contributed by atoms with E-state index in [-0.39, 0.29) is 0 Å². The Morgan fingerprint density at radius 2 is 1.76 bits per heavy atom. The van der Waals surface area contributed by atoms with Gasteiger partial charge in [-0.3, -0.25) is 0 Å². The van der Waals surface area contributed by atoms with Crippen LogP contribution in [0.3, 0.4) is 0 Å². The molecule has 3 fully saturated rings. The Balaban J connectivity index is 1.01. The number of hydrogen-bond acceptors (Lipinski definition) is 1. The van der Waals surface area contributed by atoms with E-state index < -0.39 is 0 Å². The SMILES string of the molecule is CC(C)CCC[C@@H](C)[C@H]1CC[C@H]2[C@@H]3CC=C4C[C@@H](OCCCCn5ccc6ccccc65)CC[C@]4(C)[C@H]3CC[C@]12C. The van der Waals surface area contributed by atoms with Crippen LogP contribution in [0, 0.1) is 46.3 Å². The number of rotatable bonds is 11. The van der Waals surface area contributed by atoms with Gasteiger partial charge in [0.25, 0.3) is 0 Å². The molecular weight excluding hydrogens is 498 g/mol. The minimum atomic E-state index is 0.431. The summed E-state index contributed by atoms with van der Waals surface area (Å²) in [5.41, 5.74) is 4.15. The molecule has 1 aromatic carbocycles. The van der Waals surface area contributed by atoms with Crippen LogP contribution >= 0.6 is 0 Å². The number of nitrogens with zero attached hydrogens (tertiary/aromatic N) is 1. The van der Waals surface area contributed by atoms with Crippen LogP contribution in [0.15, 0.2) is 48.2 Å². The van der Waals surface area contributed by atoms with E-state index in [0.717, 1.165) is 55.1 Å². The van der Waals surface area contributed by atoms with Gasteiger partial charge in [0.1, 0.15) is 0 Å². The molecule has 1 aromatic heterocycles. The van der Waals surface area contributed by atoms with Crippen molar-refractivity contribution in [2.24, 2.45) is 46.3 Å². The molecule has 4 aliphatic rings. The number of aromatic nitrogens is 1. The molecule has 2 aromatic rings. The van der Waals surface area contributed by atoms with Crippen molar-refractivity contribution < 1.29 is 4.74 Å². The van der Waals surface area contributed by atoms with Crippen LogP contribution in [0.2, 0.25) is 0 Å². The van der Waals surface area contributed by atoms with Gasteiger partial charge in [0, 0.05) is 24.9 Å². The zero-order chi connectivity index (χ0) is 28.6. The Labute approximate surface area is 251 Å². The first-order chi connectivity index (χ1) is 19.8. The van der Waals surface area contributed by atoms with Crippen molar-refractivity contribution >= 4 is 10.9 Å². The predicted octanol–water partition coefficient (Wildman–Crippen LogP) is 10.8. The van der Waals surface area contributed by atoms with Crippen LogP contribution in [0.4, 0.5) is 0 Å². The Hall–Kier alpha value is -1.54. The van der Waals surface area contributed by atoms with E-state index in [1.165, 1.54) is 88.0 Å². The number of ether oxygens (including phenoxy) is 1. The summed E-state index contributed by atoms with van der Waals surface area (Å²) in [5.74, 6) is 5.51. The summed E-state index contributed by atoms with van der Waals surface area (Å²) in [6.45, 7) is 14.8. The highest BCUT2D eigenvalue weighted by Gasteiger charge is 2.59. The highest BCUT2D eigenvalue weighted by molar-refractivity contribution is 5.79. The van der Waals surface area contributed by atoms with Gasteiger partial charge < -0.3 is 9.30 Å². The van der Waals surface area contributed by atoms with Gasteiger partial charge in [-0.2, -0.15) is 0 Å². The molecular formula is C39H59NO. The lowest BCUT2D eigenvalue weighted by Crippen LogP contribution is -2.51. The summed E-state index contributed by atoms with van der Waals surface area (Å²) < 4.78 is 8.95. The zero-order valence-electron chi connectivity index (χ0n) is 27.0. The summed E-state index contributed by atoms with van der Waals surface area (Å²) in [6.07, 6.45) is 23.1. The number of hydrogen-bond donors (Lipinski definition) is 0. The molecule has 8 atom stereocenters. The van der Waals surface area contributed by atoms with Crippen molar-refractivity contribution in [3.63, 3.8) is 0 Å². The van der Waals surface area contributed by atoms with E-state index in [9.17, 15) is 0 Å². The normalized spacial score (nSPS) is 35.7. The Morgan fingerprint density at radius 1 is 0.902 bits per heavy atom. The third-order valence-electron chi connectivity index (χ3n) is 13.1. The molecule has 2 heteroatoms. The Bertz CT molecular complexity index is 1190. The van der Waals surface area contributed by atoms with Gasteiger partial charge in [-0.25, -0.2) is 0 Å². The number of unbranched alkanes of at least 4 members (excludes halogenated alkanes) is 1. The third kappa shape index (κ3) is 5.73. The van der Waals surface area contributed by atoms with Crippen molar-refractivity contribution in [2.45, 2.75) is 131 Å². The summed E-state index contributed by atoms with van der Waals surface area (Å²) in [4.78, 5) is 0. The first-order valence-electron chi connectivity index (χ1n) is 17.6. The molecule has 0 amide bonds. The molecule has 6 rings (SSSR count). The zero-order valence-corrected chi connectivity index (χ0v) is 27.0. The molecule has 0 bridgehead atoms. The molecule has 1 heterocycles. The van der Waals surface area contributed by atoms with E-state index in [1.54, 1.807) is 5.57 Å². The van der Waals surface area contributed by atoms with Crippen molar-refractivity contribution in [3.05, 3.63) is 48.2 Å². The third-order valence-corrected chi connectivity index (χ3v) is 13.1. The minimum absolute atomic E-state index is 0.431. The van der Waals surface area contributed by atoms with E-state index in [0.29, 0.717) is 16.9 Å². The van der Waals surface area contributed by atoms with Crippen LogP contribution in [0.25, 0.3) is 10.9 Å². The maximum atomic E-state index is 6.54. The standard InChI is InChI=1S/C39H59NO/c1-28(2)11-10-12-29(3)34-17-18-35-33-16-15-31-27-32(19-22-38(31,4)36(33)20-23-39(34,35)5)41-26-9-8-24-40-25-21-30-13-6-7-14-37(30)40/h6-7,13-15,21,25,28-29,32-36H,8-12,16-20,22-24,26-27H2,1-5H3/t29-,32+,33+,34-,35+,36+,38+,39-/m1/s1. The number of benzene rings is 1. The van der Waals surface area contributed by atoms with Gasteiger partial charge in [0.15, 0.2) is 0 Å². The average molecular weight is 558 g/mol. The Morgan fingerprint density at radius 3 is 2.61 bits per heavy atom. The van der Waals surface area contributed by atoms with Gasteiger partial charge in [0.2, 0.25) is 0 Å². The van der Waals surface area contributed by atoms with Crippen molar-refractivity contribution in [1.29, 1.82) is 0 Å². The summed E-state index contributed by atoms with van der Waals surface area (Å²) in [5, 5.41) is 1.35. The first kappa shape index (κ1) is 29.5. The molecule has 0 unspecified atom stereocenters. The quantitative estimate of drug-likeness (QED) is 0.198. The van der Waals surface area contributed by atoms with Gasteiger partial charge in [0.05, 0.1) is 6.10 Å². The molecule has 4 aliphatic carbocycles. The summed E-state index contributed by atoms with van der Waals surface area (Å²) in [7, 11) is 0. The lowest BCUT2D eigenvalue weighted by atomic mass is 9.47. The monoisotopic (exact) mass is 557 g/mol. The predicted molar refractivity (Wildman–Crippen MR) is 174 cm³/mol. The summed E-state index contributed by atoms with van der Waals surface area (Å²) in [6, 6.07) is 11.0. The molecule has 41 heavy (non-hydrogen) atoms. The molecule has 0 radical (unpaired) electrons. The minimum Gasteiger partial charge on any atom is -0.378 e. The fourth-order valence-corrected chi connectivity index (χ4v) is 10.8. The summed E-state index contributed by atoms with van der Waals surface area (Å²) >= 11 is 0. The number of allylic oxidation sites excluding steroid dienone is 1. The fourth-order valence-electron chi connectivity index (χ4n) is 10.8. The van der Waals surface area contributed by atoms with Gasteiger partial charge >= 0.3 is 0 Å². The lowest BCUT2D eigenvalue weighted by Gasteiger charge is -2.58. The van der Waals surface area contributed by atoms with Crippen LogP contribution in [-0.2, 0) is 11.3 Å². The van der Waals surface area contributed by atoms with Gasteiger partial charge in [-0.15, -0.1) is 0 Å². The molecule has 0 saturated heterocycles. The molecule has 0 spiro atoms. The fraction of sp³-hybridized carbons (Fsp3) is 0.744. The maximum absolute atomic E-state index is 6.54. The van der Waals surface area contributed by atoms with Crippen LogP contribution in [0.1, 0.15) is 118 Å². The molecule has 226 valence electrons. The van der Waals surface area contributed by atoms with Crippen molar-refractivity contribution in [1.82, 2.24) is 4.57 Å². The first-order valence-corrected chi connectivity index (χ1v) is 17.6. The van der Waals surface area contributed by atoms with Gasteiger partial charge in [-0.05, 0) is 128 Å². The number of aryl methyl sites for hydroxylation is 1. The van der Waals surface area contributed by atoms with Crippen LogP contribution < -0.4 is 0 Å². The Kier molecular flexibility index (Phi) is 8.80. The number of para-hydroxylation sites is 1. The largest absolute Gasteiger partial charge is 0.378 e. The maximum Gasteiger partial charge on any atom is 0.0612 e. The van der Waals surface area contributed by atoms with Crippen LogP contribution in [-0.4, -0.2) is 17.3 Å². The van der Waals surface area contributed by atoms with Gasteiger partial charge in [-0.1, -0.05) is 83.7 Å². The van der Waals surface area contributed by atoms with E-state index in [1.807, 2.05) is 0 Å². The smallest absolute Gasteiger partial charge is 0.0612 e. The molecule has 2 nitrogen and oxygen atoms in total.